The van der Waals surface area contributed by atoms with Gasteiger partial charge in [-0.3, -0.25) is 9.59 Å². The van der Waals surface area contributed by atoms with Crippen molar-refractivity contribution in [3.05, 3.63) is 41.7 Å². The molecule has 1 amide bonds. The number of hydrogen-bond donors (Lipinski definition) is 2. The van der Waals surface area contributed by atoms with Crippen LogP contribution in [0.1, 0.15) is 24.4 Å². The van der Waals surface area contributed by atoms with Crippen molar-refractivity contribution in [1.82, 2.24) is 25.5 Å². The standard InChI is InChI=1S/C14H17N5O3/c1-9(14(21)22)15-13(20)12(19-10(2)16-17-18-19)8-11-6-4-3-5-7-11/h3-7,9,12H,8H2,1-2H3,(H,15,20)(H,21,22)/t9-,12?/m1/s1. The van der Waals surface area contributed by atoms with Gasteiger partial charge in [-0.1, -0.05) is 30.3 Å². The van der Waals surface area contributed by atoms with Crippen molar-refractivity contribution in [1.29, 1.82) is 0 Å². The van der Waals surface area contributed by atoms with Crippen LogP contribution in [0, 0.1) is 6.92 Å². The molecule has 1 unspecified atom stereocenters. The third-order valence-electron chi connectivity index (χ3n) is 3.26. The number of rotatable bonds is 6. The fraction of sp³-hybridized carbons (Fsp3) is 0.357. The molecule has 1 aromatic carbocycles. The number of hydrogen-bond acceptors (Lipinski definition) is 5. The first-order valence-corrected chi connectivity index (χ1v) is 6.80. The Morgan fingerprint density at radius 3 is 2.55 bits per heavy atom. The highest BCUT2D eigenvalue weighted by Crippen LogP contribution is 2.15. The number of tetrazole rings is 1. The quantitative estimate of drug-likeness (QED) is 0.797. The normalized spacial score (nSPS) is 13.4. The molecule has 8 heteroatoms. The van der Waals surface area contributed by atoms with Gasteiger partial charge in [0.15, 0.2) is 0 Å². The number of aromatic nitrogens is 4. The van der Waals surface area contributed by atoms with E-state index in [4.69, 9.17) is 5.11 Å². The maximum absolute atomic E-state index is 12.4. The van der Waals surface area contributed by atoms with E-state index in [0.717, 1.165) is 5.56 Å². The third kappa shape index (κ3) is 3.66. The molecule has 8 nitrogen and oxygen atoms in total. The van der Waals surface area contributed by atoms with Gasteiger partial charge < -0.3 is 10.4 Å². The Morgan fingerprint density at radius 1 is 1.32 bits per heavy atom. The van der Waals surface area contributed by atoms with E-state index in [-0.39, 0.29) is 0 Å². The molecule has 2 N–H and O–H groups in total. The zero-order valence-electron chi connectivity index (χ0n) is 12.3. The fourth-order valence-corrected chi connectivity index (χ4v) is 2.03. The molecule has 2 rings (SSSR count). The molecule has 0 aliphatic rings. The minimum Gasteiger partial charge on any atom is -0.480 e. The van der Waals surface area contributed by atoms with E-state index < -0.39 is 24.0 Å². The van der Waals surface area contributed by atoms with Gasteiger partial charge >= 0.3 is 5.97 Å². The van der Waals surface area contributed by atoms with E-state index in [1.165, 1.54) is 11.6 Å². The topological polar surface area (TPSA) is 110 Å². The maximum Gasteiger partial charge on any atom is 0.325 e. The fourth-order valence-electron chi connectivity index (χ4n) is 2.03. The Kier molecular flexibility index (Phi) is 4.82. The Morgan fingerprint density at radius 2 is 2.00 bits per heavy atom. The Bertz CT molecular complexity index is 656. The highest BCUT2D eigenvalue weighted by atomic mass is 16.4. The molecule has 0 aliphatic carbocycles. The maximum atomic E-state index is 12.4. The van der Waals surface area contributed by atoms with E-state index in [1.807, 2.05) is 30.3 Å². The summed E-state index contributed by atoms with van der Waals surface area (Å²) in [6, 6.07) is 7.71. The average Bonchev–Trinajstić information content (AvgIpc) is 2.91. The molecule has 0 aliphatic heterocycles. The monoisotopic (exact) mass is 303 g/mol. The van der Waals surface area contributed by atoms with Crippen LogP contribution in [-0.4, -0.2) is 43.2 Å². The minimum atomic E-state index is -1.10. The largest absolute Gasteiger partial charge is 0.480 e. The Hall–Kier alpha value is -2.77. The molecule has 0 radical (unpaired) electrons. The van der Waals surface area contributed by atoms with Crippen molar-refractivity contribution in [2.45, 2.75) is 32.4 Å². The van der Waals surface area contributed by atoms with E-state index in [1.54, 1.807) is 6.92 Å². The lowest BCUT2D eigenvalue weighted by Crippen LogP contribution is -2.43. The van der Waals surface area contributed by atoms with Crippen LogP contribution < -0.4 is 5.32 Å². The van der Waals surface area contributed by atoms with Crippen molar-refractivity contribution >= 4 is 11.9 Å². The van der Waals surface area contributed by atoms with Crippen LogP contribution in [0.15, 0.2) is 30.3 Å². The van der Waals surface area contributed by atoms with E-state index >= 15 is 0 Å². The van der Waals surface area contributed by atoms with E-state index in [2.05, 4.69) is 20.8 Å². The molecule has 1 aromatic heterocycles. The number of aryl methyl sites for hydroxylation is 1. The van der Waals surface area contributed by atoms with Gasteiger partial charge in [-0.15, -0.1) is 5.10 Å². The SMILES string of the molecule is Cc1nnnn1C(Cc1ccccc1)C(=O)N[C@H](C)C(=O)O. The first-order valence-electron chi connectivity index (χ1n) is 6.80. The van der Waals surface area contributed by atoms with Crippen LogP contribution in [0.3, 0.4) is 0 Å². The summed E-state index contributed by atoms with van der Waals surface area (Å²) >= 11 is 0. The van der Waals surface area contributed by atoms with Gasteiger partial charge in [0.1, 0.15) is 17.9 Å². The smallest absolute Gasteiger partial charge is 0.325 e. The molecular weight excluding hydrogens is 286 g/mol. The molecule has 2 atom stereocenters. The first-order chi connectivity index (χ1) is 10.5. The number of benzene rings is 1. The Balaban J connectivity index is 2.24. The zero-order valence-corrected chi connectivity index (χ0v) is 12.3. The van der Waals surface area contributed by atoms with Crippen molar-refractivity contribution in [3.63, 3.8) is 0 Å². The number of aliphatic carboxylic acids is 1. The number of carbonyl (C=O) groups is 2. The molecular formula is C14H17N5O3. The lowest BCUT2D eigenvalue weighted by atomic mass is 10.0. The van der Waals surface area contributed by atoms with Crippen molar-refractivity contribution < 1.29 is 14.7 Å². The van der Waals surface area contributed by atoms with Gasteiger partial charge in [0.05, 0.1) is 0 Å². The summed E-state index contributed by atoms with van der Waals surface area (Å²) in [5.74, 6) is -1.05. The van der Waals surface area contributed by atoms with Gasteiger partial charge in [-0.05, 0) is 29.8 Å². The highest BCUT2D eigenvalue weighted by molar-refractivity contribution is 5.85. The van der Waals surface area contributed by atoms with E-state index in [0.29, 0.717) is 12.2 Å². The van der Waals surface area contributed by atoms with Gasteiger partial charge in [0, 0.05) is 6.42 Å². The Labute approximate surface area is 127 Å². The number of carboxylic acids is 1. The van der Waals surface area contributed by atoms with Gasteiger partial charge in [0.2, 0.25) is 5.91 Å². The number of amides is 1. The van der Waals surface area contributed by atoms with Crippen LogP contribution >= 0.6 is 0 Å². The predicted octanol–water partition coefficient (Wildman–Crippen LogP) is 0.355. The highest BCUT2D eigenvalue weighted by Gasteiger charge is 2.26. The summed E-state index contributed by atoms with van der Waals surface area (Å²) in [4.78, 5) is 23.3. The van der Waals surface area contributed by atoms with Crippen LogP contribution in [0.2, 0.25) is 0 Å². The number of carboxylic acid groups (broad SMARTS) is 1. The van der Waals surface area contributed by atoms with Gasteiger partial charge in [-0.25, -0.2) is 4.68 Å². The van der Waals surface area contributed by atoms with Crippen LogP contribution in [-0.2, 0) is 16.0 Å². The summed E-state index contributed by atoms with van der Waals surface area (Å²) in [6.07, 6.45) is 0.366. The van der Waals surface area contributed by atoms with Crippen LogP contribution in [0.25, 0.3) is 0 Å². The van der Waals surface area contributed by atoms with Crippen molar-refractivity contribution in [3.8, 4) is 0 Å². The number of carbonyl (C=O) groups excluding carboxylic acids is 1. The summed E-state index contributed by atoms with van der Waals surface area (Å²) in [5.41, 5.74) is 0.931. The molecule has 2 aromatic rings. The summed E-state index contributed by atoms with van der Waals surface area (Å²) < 4.78 is 1.40. The first kappa shape index (κ1) is 15.6. The van der Waals surface area contributed by atoms with Crippen molar-refractivity contribution in [2.24, 2.45) is 0 Å². The van der Waals surface area contributed by atoms with Crippen LogP contribution in [0.4, 0.5) is 0 Å². The molecule has 0 bridgehead atoms. The van der Waals surface area contributed by atoms with Gasteiger partial charge in [-0.2, -0.15) is 0 Å². The summed E-state index contributed by atoms with van der Waals surface area (Å²) in [6.45, 7) is 3.10. The molecule has 116 valence electrons. The second-order valence-electron chi connectivity index (χ2n) is 4.94. The molecule has 22 heavy (non-hydrogen) atoms. The van der Waals surface area contributed by atoms with Crippen LogP contribution in [0.5, 0.6) is 0 Å². The summed E-state index contributed by atoms with van der Waals surface area (Å²) in [5, 5.41) is 22.5. The molecule has 0 fully saturated rings. The lowest BCUT2D eigenvalue weighted by molar-refractivity contribution is -0.141. The molecule has 0 saturated heterocycles. The second-order valence-corrected chi connectivity index (χ2v) is 4.94. The van der Waals surface area contributed by atoms with Gasteiger partial charge in [0.25, 0.3) is 0 Å². The molecule has 0 saturated carbocycles. The van der Waals surface area contributed by atoms with E-state index in [9.17, 15) is 9.59 Å². The minimum absolute atomic E-state index is 0.366. The predicted molar refractivity (Wildman–Crippen MR) is 77.0 cm³/mol. The number of nitrogens with one attached hydrogen (secondary N) is 1. The average molecular weight is 303 g/mol. The summed E-state index contributed by atoms with van der Waals surface area (Å²) in [7, 11) is 0. The molecule has 1 heterocycles. The third-order valence-corrected chi connectivity index (χ3v) is 3.26. The number of nitrogens with zero attached hydrogens (tertiary/aromatic N) is 4. The second kappa shape index (κ2) is 6.79. The zero-order chi connectivity index (χ0) is 16.1. The van der Waals surface area contributed by atoms with Crippen molar-refractivity contribution in [2.75, 3.05) is 0 Å². The molecule has 0 spiro atoms. The lowest BCUT2D eigenvalue weighted by Gasteiger charge is -2.19.